The summed E-state index contributed by atoms with van der Waals surface area (Å²) in [6.45, 7) is 0. The summed E-state index contributed by atoms with van der Waals surface area (Å²) in [5.74, 6) is -0.627. The number of hydrogen-bond donors (Lipinski definition) is 1. The molecule has 0 unspecified atom stereocenters. The summed E-state index contributed by atoms with van der Waals surface area (Å²) >= 11 is 1.61. The molecule has 0 spiro atoms. The molecule has 0 bridgehead atoms. The van der Waals surface area contributed by atoms with Gasteiger partial charge in [0.1, 0.15) is 0 Å². The molecule has 0 saturated carbocycles. The van der Waals surface area contributed by atoms with Gasteiger partial charge in [0, 0.05) is 21.4 Å². The molecule has 0 aromatic heterocycles. The second-order valence-corrected chi connectivity index (χ2v) is 4.67. The minimum Gasteiger partial charge on any atom is -0.288 e. The monoisotopic (exact) mass is 243 g/mol. The number of rotatable bonds is 1. The number of hydrogen-bond acceptors (Lipinski definition) is 3. The van der Waals surface area contributed by atoms with Crippen molar-refractivity contribution in [3.8, 4) is 0 Å². The van der Waals surface area contributed by atoms with E-state index in [-0.39, 0.29) is 11.8 Å². The fourth-order valence-corrected chi connectivity index (χ4v) is 2.77. The zero-order valence-electron chi connectivity index (χ0n) is 9.11. The molecule has 0 atom stereocenters. The van der Waals surface area contributed by atoms with E-state index in [4.69, 9.17) is 0 Å². The molecule has 1 heterocycles. The number of thioether (sulfide) groups is 1. The van der Waals surface area contributed by atoms with Crippen LogP contribution in [0.5, 0.6) is 0 Å². The fourth-order valence-electron chi connectivity index (χ4n) is 2.17. The summed E-state index contributed by atoms with van der Waals surface area (Å²) in [4.78, 5) is 24.6. The van der Waals surface area contributed by atoms with Gasteiger partial charge in [0.2, 0.25) is 0 Å². The maximum atomic E-state index is 11.7. The molecule has 3 nitrogen and oxygen atoms in total. The van der Waals surface area contributed by atoms with Crippen molar-refractivity contribution in [2.45, 2.75) is 4.90 Å². The first kappa shape index (κ1) is 10.4. The second-order valence-electron chi connectivity index (χ2n) is 3.83. The van der Waals surface area contributed by atoms with E-state index in [0.717, 1.165) is 15.7 Å². The van der Waals surface area contributed by atoms with Crippen LogP contribution in [0, 0.1) is 0 Å². The van der Waals surface area contributed by atoms with Gasteiger partial charge >= 0.3 is 0 Å². The van der Waals surface area contributed by atoms with E-state index in [2.05, 4.69) is 5.32 Å². The van der Waals surface area contributed by atoms with Gasteiger partial charge in [-0.05, 0) is 29.8 Å². The SMILES string of the molecule is CSc1ccc2c3c(cccc13)C(=O)NC2=O. The molecule has 0 radical (unpaired) electrons. The number of amides is 2. The van der Waals surface area contributed by atoms with Crippen molar-refractivity contribution in [1.82, 2.24) is 5.32 Å². The highest BCUT2D eigenvalue weighted by molar-refractivity contribution is 7.98. The summed E-state index contributed by atoms with van der Waals surface area (Å²) in [6.07, 6.45) is 1.98. The Morgan fingerprint density at radius 2 is 1.71 bits per heavy atom. The quantitative estimate of drug-likeness (QED) is 0.618. The lowest BCUT2D eigenvalue weighted by molar-refractivity contribution is 0.0845. The summed E-state index contributed by atoms with van der Waals surface area (Å²) in [5.41, 5.74) is 1.15. The van der Waals surface area contributed by atoms with Crippen molar-refractivity contribution in [2.24, 2.45) is 0 Å². The maximum absolute atomic E-state index is 11.7. The average molecular weight is 243 g/mol. The fraction of sp³-hybridized carbons (Fsp3) is 0.0769. The topological polar surface area (TPSA) is 46.2 Å². The molecule has 2 amide bonds. The number of imide groups is 1. The molecule has 3 rings (SSSR count). The largest absolute Gasteiger partial charge is 0.288 e. The molecule has 0 fully saturated rings. The van der Waals surface area contributed by atoms with E-state index in [1.54, 1.807) is 23.9 Å². The highest BCUT2D eigenvalue weighted by Gasteiger charge is 2.25. The van der Waals surface area contributed by atoms with Crippen LogP contribution in [-0.2, 0) is 0 Å². The Bertz CT molecular complexity index is 644. The Morgan fingerprint density at radius 3 is 2.41 bits per heavy atom. The van der Waals surface area contributed by atoms with Crippen LogP contribution < -0.4 is 5.32 Å². The zero-order valence-corrected chi connectivity index (χ0v) is 9.93. The van der Waals surface area contributed by atoms with E-state index < -0.39 is 0 Å². The van der Waals surface area contributed by atoms with Gasteiger partial charge in [0.05, 0.1) is 0 Å². The minimum atomic E-state index is -0.314. The van der Waals surface area contributed by atoms with E-state index in [9.17, 15) is 9.59 Å². The van der Waals surface area contributed by atoms with Gasteiger partial charge in [-0.2, -0.15) is 0 Å². The Kier molecular flexibility index (Phi) is 2.19. The van der Waals surface area contributed by atoms with Crippen molar-refractivity contribution in [3.63, 3.8) is 0 Å². The van der Waals surface area contributed by atoms with Gasteiger partial charge in [-0.15, -0.1) is 11.8 Å². The molecule has 2 aromatic carbocycles. The number of carbonyl (C=O) groups excluding carboxylic acids is 2. The van der Waals surface area contributed by atoms with Crippen molar-refractivity contribution < 1.29 is 9.59 Å². The van der Waals surface area contributed by atoms with Crippen molar-refractivity contribution in [1.29, 1.82) is 0 Å². The van der Waals surface area contributed by atoms with E-state index in [1.807, 2.05) is 24.5 Å². The molecule has 1 N–H and O–H groups in total. The Hall–Kier alpha value is -1.81. The maximum Gasteiger partial charge on any atom is 0.258 e. The van der Waals surface area contributed by atoms with Crippen LogP contribution in [0.4, 0.5) is 0 Å². The molecule has 0 saturated heterocycles. The van der Waals surface area contributed by atoms with Gasteiger partial charge in [0.15, 0.2) is 0 Å². The standard InChI is InChI=1S/C13H9NO2S/c1-17-10-6-5-9-11-7(10)3-2-4-8(11)12(15)14-13(9)16/h2-6H,1H3,(H,14,15,16). The highest BCUT2D eigenvalue weighted by atomic mass is 32.2. The van der Waals surface area contributed by atoms with E-state index in [0.29, 0.717) is 11.1 Å². The van der Waals surface area contributed by atoms with Crippen LogP contribution in [-0.4, -0.2) is 18.1 Å². The van der Waals surface area contributed by atoms with Crippen LogP contribution in [0.3, 0.4) is 0 Å². The molecular formula is C13H9NO2S. The molecule has 17 heavy (non-hydrogen) atoms. The van der Waals surface area contributed by atoms with Gasteiger partial charge in [-0.3, -0.25) is 14.9 Å². The van der Waals surface area contributed by atoms with Crippen LogP contribution in [0.15, 0.2) is 35.2 Å². The van der Waals surface area contributed by atoms with E-state index in [1.165, 1.54) is 0 Å². The van der Waals surface area contributed by atoms with Crippen LogP contribution >= 0.6 is 11.8 Å². The zero-order chi connectivity index (χ0) is 12.0. The third-order valence-corrected chi connectivity index (χ3v) is 3.73. The predicted octanol–water partition coefficient (Wildman–Crippen LogP) is 2.45. The van der Waals surface area contributed by atoms with Crippen molar-refractivity contribution >= 4 is 34.3 Å². The summed E-state index contributed by atoms with van der Waals surface area (Å²) in [5, 5.41) is 4.09. The number of nitrogens with one attached hydrogen (secondary N) is 1. The van der Waals surface area contributed by atoms with E-state index >= 15 is 0 Å². The third kappa shape index (κ3) is 1.37. The second kappa shape index (κ2) is 3.60. The van der Waals surface area contributed by atoms with Crippen molar-refractivity contribution in [3.05, 3.63) is 41.5 Å². The summed E-state index contributed by atoms with van der Waals surface area (Å²) < 4.78 is 0. The summed E-state index contributed by atoms with van der Waals surface area (Å²) in [7, 11) is 0. The average Bonchev–Trinajstić information content (AvgIpc) is 2.35. The highest BCUT2D eigenvalue weighted by Crippen LogP contribution is 2.32. The molecule has 1 aliphatic heterocycles. The Labute approximate surface area is 102 Å². The number of benzene rings is 2. The number of carbonyl (C=O) groups is 2. The van der Waals surface area contributed by atoms with Gasteiger partial charge in [0.25, 0.3) is 11.8 Å². The lowest BCUT2D eigenvalue weighted by Crippen LogP contribution is -2.34. The smallest absolute Gasteiger partial charge is 0.258 e. The van der Waals surface area contributed by atoms with Crippen LogP contribution in [0.1, 0.15) is 20.7 Å². The lowest BCUT2D eigenvalue weighted by atomic mass is 9.95. The molecule has 1 aliphatic rings. The predicted molar refractivity (Wildman–Crippen MR) is 67.5 cm³/mol. The first-order valence-corrected chi connectivity index (χ1v) is 6.40. The normalized spacial score (nSPS) is 13.9. The first-order valence-electron chi connectivity index (χ1n) is 5.18. The van der Waals surface area contributed by atoms with Crippen LogP contribution in [0.2, 0.25) is 0 Å². The van der Waals surface area contributed by atoms with Gasteiger partial charge in [-0.1, -0.05) is 12.1 Å². The van der Waals surface area contributed by atoms with Gasteiger partial charge in [-0.25, -0.2) is 0 Å². The molecule has 2 aromatic rings. The first-order chi connectivity index (χ1) is 8.22. The van der Waals surface area contributed by atoms with Gasteiger partial charge < -0.3 is 0 Å². The molecule has 0 aliphatic carbocycles. The summed E-state index contributed by atoms with van der Waals surface area (Å²) in [6, 6.07) is 9.23. The third-order valence-electron chi connectivity index (χ3n) is 2.94. The molecule has 84 valence electrons. The Morgan fingerprint density at radius 1 is 1.00 bits per heavy atom. The van der Waals surface area contributed by atoms with Crippen molar-refractivity contribution in [2.75, 3.05) is 6.26 Å². The minimum absolute atomic E-state index is 0.314. The molecular weight excluding hydrogens is 234 g/mol. The molecule has 4 heteroatoms. The van der Waals surface area contributed by atoms with Crippen LogP contribution in [0.25, 0.3) is 10.8 Å². The lowest BCUT2D eigenvalue weighted by Gasteiger charge is -2.17. The Balaban J connectivity index is 2.51.